The lowest BCUT2D eigenvalue weighted by Crippen LogP contribution is -2.46. The van der Waals surface area contributed by atoms with E-state index in [0.717, 1.165) is 19.6 Å². The van der Waals surface area contributed by atoms with E-state index in [1.807, 2.05) is 4.90 Å². The van der Waals surface area contributed by atoms with Crippen molar-refractivity contribution in [2.45, 2.75) is 6.92 Å². The Morgan fingerprint density at radius 3 is 2.65 bits per heavy atom. The lowest BCUT2D eigenvalue weighted by atomic mass is 10.2. The average molecular weight is 425 g/mol. The topological polar surface area (TPSA) is 87.4 Å². The van der Waals surface area contributed by atoms with Crippen LogP contribution in [0, 0.1) is 15.9 Å². The zero-order chi connectivity index (χ0) is 18.7. The first-order valence-corrected chi connectivity index (χ1v) is 8.97. The maximum absolute atomic E-state index is 14.1. The van der Waals surface area contributed by atoms with Crippen molar-refractivity contribution in [2.24, 2.45) is 0 Å². The van der Waals surface area contributed by atoms with Crippen LogP contribution in [0.15, 0.2) is 29.0 Å². The Morgan fingerprint density at radius 2 is 2.04 bits per heavy atom. The number of nitrogens with one attached hydrogen (secondary N) is 1. The highest BCUT2D eigenvalue weighted by Gasteiger charge is 2.29. The van der Waals surface area contributed by atoms with Crippen molar-refractivity contribution in [3.63, 3.8) is 0 Å². The largest absolute Gasteiger partial charge is 0.353 e. The van der Waals surface area contributed by atoms with Gasteiger partial charge in [0.15, 0.2) is 0 Å². The van der Waals surface area contributed by atoms with Crippen LogP contribution >= 0.6 is 15.9 Å². The van der Waals surface area contributed by atoms with Gasteiger partial charge in [0.05, 0.1) is 10.6 Å². The molecule has 0 amide bonds. The number of nitrogens with zero attached hydrogens (tertiary/aromatic N) is 5. The van der Waals surface area contributed by atoms with E-state index < -0.39 is 10.7 Å². The Hall–Kier alpha value is -2.33. The second-order valence-corrected chi connectivity index (χ2v) is 6.74. The van der Waals surface area contributed by atoms with E-state index in [9.17, 15) is 14.5 Å². The fourth-order valence-electron chi connectivity index (χ4n) is 2.85. The van der Waals surface area contributed by atoms with Crippen LogP contribution < -0.4 is 10.2 Å². The number of aromatic nitrogens is 2. The van der Waals surface area contributed by atoms with Crippen LogP contribution in [0.2, 0.25) is 0 Å². The molecule has 1 aliphatic heterocycles. The summed E-state index contributed by atoms with van der Waals surface area (Å²) in [5.41, 5.74) is -0.142. The minimum absolute atomic E-state index is 0.0286. The summed E-state index contributed by atoms with van der Waals surface area (Å²) in [7, 11) is 0. The molecule has 1 fully saturated rings. The van der Waals surface area contributed by atoms with Crippen molar-refractivity contribution in [1.82, 2.24) is 14.9 Å². The molecule has 0 unspecified atom stereocenters. The third-order valence-corrected chi connectivity index (χ3v) is 4.78. The molecule has 2 heterocycles. The Morgan fingerprint density at radius 1 is 1.31 bits per heavy atom. The molecular formula is C16H18BrFN6O2. The molecule has 8 nitrogen and oxygen atoms in total. The highest BCUT2D eigenvalue weighted by molar-refractivity contribution is 9.10. The van der Waals surface area contributed by atoms with Gasteiger partial charge in [0, 0.05) is 30.7 Å². The van der Waals surface area contributed by atoms with Gasteiger partial charge < -0.3 is 15.1 Å². The van der Waals surface area contributed by atoms with E-state index in [1.165, 1.54) is 18.5 Å². The van der Waals surface area contributed by atoms with E-state index in [4.69, 9.17) is 0 Å². The van der Waals surface area contributed by atoms with E-state index in [2.05, 4.69) is 43.0 Å². The summed E-state index contributed by atoms with van der Waals surface area (Å²) in [5.74, 6) is -0.315. The summed E-state index contributed by atoms with van der Waals surface area (Å²) in [5, 5.41) is 14.4. The number of rotatable bonds is 5. The Kier molecular flexibility index (Phi) is 5.62. The fraction of sp³-hybridized carbons (Fsp3) is 0.375. The van der Waals surface area contributed by atoms with Gasteiger partial charge in [-0.3, -0.25) is 10.1 Å². The molecule has 0 saturated carbocycles. The number of hydrogen-bond donors (Lipinski definition) is 1. The first-order valence-electron chi connectivity index (χ1n) is 8.18. The average Bonchev–Trinajstić information content (AvgIpc) is 2.63. The molecule has 0 aliphatic carbocycles. The third-order valence-electron chi connectivity index (χ3n) is 4.29. The van der Waals surface area contributed by atoms with E-state index >= 15 is 0 Å². The summed E-state index contributed by atoms with van der Waals surface area (Å²) < 4.78 is 14.7. The second kappa shape index (κ2) is 7.92. The minimum Gasteiger partial charge on any atom is -0.348 e. The number of hydrogen-bond acceptors (Lipinski definition) is 7. The molecule has 1 aliphatic rings. The van der Waals surface area contributed by atoms with Gasteiger partial charge in [0.1, 0.15) is 12.1 Å². The van der Waals surface area contributed by atoms with Gasteiger partial charge in [-0.2, -0.15) is 0 Å². The molecule has 138 valence electrons. The summed E-state index contributed by atoms with van der Waals surface area (Å²) in [6, 6.07) is 4.41. The zero-order valence-electron chi connectivity index (χ0n) is 14.2. The van der Waals surface area contributed by atoms with E-state index in [0.29, 0.717) is 17.6 Å². The van der Waals surface area contributed by atoms with Gasteiger partial charge in [0.25, 0.3) is 0 Å². The van der Waals surface area contributed by atoms with Gasteiger partial charge in [-0.1, -0.05) is 22.9 Å². The van der Waals surface area contributed by atoms with Gasteiger partial charge in [-0.15, -0.1) is 0 Å². The Balaban J connectivity index is 1.93. The normalized spacial score (nSPS) is 15.1. The first-order chi connectivity index (χ1) is 12.5. The summed E-state index contributed by atoms with van der Waals surface area (Å²) in [6.07, 6.45) is 1.26. The van der Waals surface area contributed by atoms with Crippen LogP contribution in [0.25, 0.3) is 0 Å². The minimum atomic E-state index is -0.537. The maximum atomic E-state index is 14.1. The van der Waals surface area contributed by atoms with Crippen molar-refractivity contribution in [2.75, 3.05) is 42.9 Å². The Bertz CT molecular complexity index is 813. The van der Waals surface area contributed by atoms with Crippen LogP contribution in [0.4, 0.5) is 27.4 Å². The molecule has 0 spiro atoms. The van der Waals surface area contributed by atoms with Gasteiger partial charge in [0.2, 0.25) is 11.6 Å². The van der Waals surface area contributed by atoms with Crippen LogP contribution in [-0.2, 0) is 0 Å². The van der Waals surface area contributed by atoms with E-state index in [-0.39, 0.29) is 23.0 Å². The molecular weight excluding hydrogens is 407 g/mol. The quantitative estimate of drug-likeness (QED) is 0.582. The van der Waals surface area contributed by atoms with Crippen molar-refractivity contribution < 1.29 is 9.31 Å². The highest BCUT2D eigenvalue weighted by Crippen LogP contribution is 2.34. The van der Waals surface area contributed by atoms with Crippen LogP contribution in [-0.4, -0.2) is 52.5 Å². The van der Waals surface area contributed by atoms with Crippen molar-refractivity contribution in [1.29, 1.82) is 0 Å². The molecule has 26 heavy (non-hydrogen) atoms. The number of nitro groups is 1. The number of likely N-dealkylation sites (N-methyl/N-ethyl adjacent to an activating group) is 1. The molecule has 1 N–H and O–H groups in total. The SMILES string of the molecule is CCN1CCN(c2ncnc(Nc3ccc(Br)cc3F)c2[N+](=O)[O-])CC1. The van der Waals surface area contributed by atoms with Crippen molar-refractivity contribution in [3.8, 4) is 0 Å². The summed E-state index contributed by atoms with van der Waals surface area (Å²) in [6.45, 7) is 5.91. The van der Waals surface area contributed by atoms with Gasteiger partial charge >= 0.3 is 5.69 Å². The van der Waals surface area contributed by atoms with Crippen molar-refractivity contribution >= 4 is 38.9 Å². The molecule has 0 atom stereocenters. The predicted molar refractivity (Wildman–Crippen MR) is 100 cm³/mol. The molecule has 10 heteroatoms. The molecule has 0 radical (unpaired) electrons. The fourth-order valence-corrected chi connectivity index (χ4v) is 3.19. The highest BCUT2D eigenvalue weighted by atomic mass is 79.9. The molecule has 1 aromatic heterocycles. The van der Waals surface area contributed by atoms with Crippen LogP contribution in [0.3, 0.4) is 0 Å². The van der Waals surface area contributed by atoms with Crippen molar-refractivity contribution in [3.05, 3.63) is 44.9 Å². The number of halogens is 2. The predicted octanol–water partition coefficient (Wildman–Crippen LogP) is 3.17. The second-order valence-electron chi connectivity index (χ2n) is 5.82. The monoisotopic (exact) mass is 424 g/mol. The summed E-state index contributed by atoms with van der Waals surface area (Å²) >= 11 is 3.18. The Labute approximate surface area is 158 Å². The number of benzene rings is 1. The maximum Gasteiger partial charge on any atom is 0.353 e. The zero-order valence-corrected chi connectivity index (χ0v) is 15.7. The standard InChI is InChI=1S/C16H18BrFN6O2/c1-2-22-5-7-23(8-6-22)16-14(24(25)26)15(19-10-20-16)21-13-4-3-11(17)9-12(13)18/h3-4,9-10H,2,5-8H2,1H3,(H,19,20,21). The van der Waals surface area contributed by atoms with Crippen LogP contribution in [0.1, 0.15) is 6.92 Å². The smallest absolute Gasteiger partial charge is 0.348 e. The summed E-state index contributed by atoms with van der Waals surface area (Å²) in [4.78, 5) is 23.4. The van der Waals surface area contributed by atoms with E-state index in [1.54, 1.807) is 6.07 Å². The molecule has 1 saturated heterocycles. The lowest BCUT2D eigenvalue weighted by molar-refractivity contribution is -0.383. The molecule has 0 bridgehead atoms. The third kappa shape index (κ3) is 3.91. The van der Waals surface area contributed by atoms with Gasteiger partial charge in [-0.05, 0) is 24.7 Å². The lowest BCUT2D eigenvalue weighted by Gasteiger charge is -2.34. The molecule has 2 aromatic rings. The number of anilines is 3. The van der Waals surface area contributed by atoms with Crippen LogP contribution in [0.5, 0.6) is 0 Å². The van der Waals surface area contributed by atoms with Gasteiger partial charge in [-0.25, -0.2) is 14.4 Å². The number of piperazine rings is 1. The molecule has 1 aromatic carbocycles. The molecule has 3 rings (SSSR count). The first kappa shape index (κ1) is 18.5.